The average Bonchev–Trinajstić information content (AvgIpc) is 3.08. The van der Waals surface area contributed by atoms with Gasteiger partial charge in [0.15, 0.2) is 23.3 Å². The molecule has 134 valence electrons. The first kappa shape index (κ1) is 17.1. The number of allylic oxidation sites excluding steroid dienone is 4. The van der Waals surface area contributed by atoms with Gasteiger partial charge in [-0.05, 0) is 42.6 Å². The third-order valence-electron chi connectivity index (χ3n) is 5.60. The van der Waals surface area contributed by atoms with Crippen molar-refractivity contribution in [3.63, 3.8) is 0 Å². The SMILES string of the molecule is Fc1c(F)c(-c2ccccc2)c(F)c(F)c1C[C@H]1CCC2C=CC=C[C@H]21. The lowest BCUT2D eigenvalue weighted by Crippen LogP contribution is -2.17. The van der Waals surface area contributed by atoms with E-state index in [0.717, 1.165) is 12.8 Å². The van der Waals surface area contributed by atoms with Crippen LogP contribution in [0, 0.1) is 41.0 Å². The smallest absolute Gasteiger partial charge is 0.170 e. The van der Waals surface area contributed by atoms with Crippen LogP contribution < -0.4 is 0 Å². The van der Waals surface area contributed by atoms with Crippen LogP contribution in [0.3, 0.4) is 0 Å². The summed E-state index contributed by atoms with van der Waals surface area (Å²) in [4.78, 5) is 0. The molecule has 0 radical (unpaired) electrons. The summed E-state index contributed by atoms with van der Waals surface area (Å²) in [6, 6.07) is 7.67. The van der Waals surface area contributed by atoms with E-state index in [0.29, 0.717) is 5.92 Å². The number of hydrogen-bond donors (Lipinski definition) is 0. The maximum Gasteiger partial charge on any atom is 0.170 e. The van der Waals surface area contributed by atoms with Gasteiger partial charge in [0.2, 0.25) is 0 Å². The van der Waals surface area contributed by atoms with Crippen molar-refractivity contribution in [2.75, 3.05) is 0 Å². The quantitative estimate of drug-likeness (QED) is 0.451. The Morgan fingerprint density at radius 3 is 2.12 bits per heavy atom. The second-order valence-electron chi connectivity index (χ2n) is 7.03. The Hall–Kier alpha value is -2.36. The monoisotopic (exact) mass is 358 g/mol. The summed E-state index contributed by atoms with van der Waals surface area (Å²) in [5.74, 6) is -4.71. The summed E-state index contributed by atoms with van der Waals surface area (Å²) in [5, 5.41) is 0. The van der Waals surface area contributed by atoms with E-state index in [1.807, 2.05) is 18.2 Å². The Labute approximate surface area is 149 Å². The predicted molar refractivity (Wildman–Crippen MR) is 93.4 cm³/mol. The molecule has 1 saturated carbocycles. The molecule has 0 saturated heterocycles. The van der Waals surface area contributed by atoms with Crippen LogP contribution in [0.15, 0.2) is 54.6 Å². The van der Waals surface area contributed by atoms with Crippen LogP contribution in [-0.4, -0.2) is 0 Å². The molecule has 0 nitrogen and oxygen atoms in total. The summed E-state index contributed by atoms with van der Waals surface area (Å²) in [6.45, 7) is 0. The molecule has 0 aliphatic heterocycles. The number of hydrogen-bond acceptors (Lipinski definition) is 0. The molecule has 0 amide bonds. The lowest BCUT2D eigenvalue weighted by Gasteiger charge is -2.22. The zero-order valence-corrected chi connectivity index (χ0v) is 14.1. The molecule has 4 rings (SSSR count). The van der Waals surface area contributed by atoms with Crippen LogP contribution in [0.1, 0.15) is 18.4 Å². The van der Waals surface area contributed by atoms with Gasteiger partial charge >= 0.3 is 0 Å². The van der Waals surface area contributed by atoms with E-state index in [1.165, 1.54) is 12.1 Å². The van der Waals surface area contributed by atoms with Crippen LogP contribution in [0.25, 0.3) is 11.1 Å². The maximum absolute atomic E-state index is 14.7. The van der Waals surface area contributed by atoms with Gasteiger partial charge in [0.1, 0.15) is 0 Å². The lowest BCUT2D eigenvalue weighted by atomic mass is 9.83. The molecule has 0 spiro atoms. The fraction of sp³-hybridized carbons (Fsp3) is 0.273. The van der Waals surface area contributed by atoms with Gasteiger partial charge in [0, 0.05) is 5.56 Å². The van der Waals surface area contributed by atoms with Crippen LogP contribution in [0.2, 0.25) is 0 Å². The molecule has 2 aliphatic rings. The molecule has 3 atom stereocenters. The number of rotatable bonds is 3. The van der Waals surface area contributed by atoms with Crippen molar-refractivity contribution < 1.29 is 17.6 Å². The molecule has 0 bridgehead atoms. The zero-order chi connectivity index (χ0) is 18.3. The zero-order valence-electron chi connectivity index (χ0n) is 14.1. The van der Waals surface area contributed by atoms with E-state index in [1.54, 1.807) is 18.2 Å². The highest BCUT2D eigenvalue weighted by molar-refractivity contribution is 5.65. The van der Waals surface area contributed by atoms with Crippen molar-refractivity contribution >= 4 is 0 Å². The van der Waals surface area contributed by atoms with Gasteiger partial charge in [-0.15, -0.1) is 0 Å². The van der Waals surface area contributed by atoms with Crippen molar-refractivity contribution in [1.29, 1.82) is 0 Å². The van der Waals surface area contributed by atoms with Crippen molar-refractivity contribution in [3.8, 4) is 11.1 Å². The Bertz CT molecular complexity index is 854. The molecule has 0 N–H and O–H groups in total. The third kappa shape index (κ3) is 2.77. The van der Waals surface area contributed by atoms with E-state index in [-0.39, 0.29) is 23.8 Å². The molecular formula is C22H18F4. The third-order valence-corrected chi connectivity index (χ3v) is 5.60. The first-order chi connectivity index (χ1) is 12.6. The van der Waals surface area contributed by atoms with Crippen molar-refractivity contribution in [1.82, 2.24) is 0 Å². The fourth-order valence-corrected chi connectivity index (χ4v) is 4.28. The fourth-order valence-electron chi connectivity index (χ4n) is 4.28. The van der Waals surface area contributed by atoms with E-state index < -0.39 is 34.4 Å². The highest BCUT2D eigenvalue weighted by Crippen LogP contribution is 2.43. The second-order valence-corrected chi connectivity index (χ2v) is 7.03. The van der Waals surface area contributed by atoms with Crippen molar-refractivity contribution in [2.24, 2.45) is 17.8 Å². The average molecular weight is 358 g/mol. The van der Waals surface area contributed by atoms with Crippen molar-refractivity contribution in [2.45, 2.75) is 19.3 Å². The van der Waals surface area contributed by atoms with Crippen molar-refractivity contribution in [3.05, 3.63) is 83.5 Å². The summed E-state index contributed by atoms with van der Waals surface area (Å²) < 4.78 is 58.5. The van der Waals surface area contributed by atoms with Gasteiger partial charge in [0.05, 0.1) is 5.56 Å². The van der Waals surface area contributed by atoms with Gasteiger partial charge in [-0.3, -0.25) is 0 Å². The van der Waals surface area contributed by atoms with Crippen LogP contribution in [-0.2, 0) is 6.42 Å². The molecule has 1 fully saturated rings. The lowest BCUT2D eigenvalue weighted by molar-refractivity contribution is 0.385. The molecule has 2 aromatic rings. The topological polar surface area (TPSA) is 0 Å². The van der Waals surface area contributed by atoms with E-state index in [9.17, 15) is 17.6 Å². The Morgan fingerprint density at radius 2 is 1.42 bits per heavy atom. The van der Waals surface area contributed by atoms with Gasteiger partial charge in [-0.1, -0.05) is 54.6 Å². The minimum atomic E-state index is -1.32. The molecule has 2 aliphatic carbocycles. The number of halogens is 4. The number of fused-ring (bicyclic) bond motifs is 1. The molecule has 2 aromatic carbocycles. The molecule has 4 heteroatoms. The molecule has 26 heavy (non-hydrogen) atoms. The largest absolute Gasteiger partial charge is 0.203 e. The van der Waals surface area contributed by atoms with E-state index in [2.05, 4.69) is 6.08 Å². The minimum Gasteiger partial charge on any atom is -0.203 e. The normalized spacial score (nSPS) is 24.1. The van der Waals surface area contributed by atoms with Gasteiger partial charge < -0.3 is 0 Å². The standard InChI is InChI=1S/C22H18F4/c23-19-17(12-15-11-10-13-6-4-5-9-16(13)15)20(24)22(26)18(21(19)25)14-7-2-1-3-8-14/h1-9,13,15-16H,10-12H2/t13?,15-,16-/m1/s1. The summed E-state index contributed by atoms with van der Waals surface area (Å²) >= 11 is 0. The van der Waals surface area contributed by atoms with Gasteiger partial charge in [-0.2, -0.15) is 0 Å². The summed E-state index contributed by atoms with van der Waals surface area (Å²) in [6.07, 6.45) is 9.73. The maximum atomic E-state index is 14.7. The summed E-state index contributed by atoms with van der Waals surface area (Å²) in [7, 11) is 0. The predicted octanol–water partition coefficient (Wildman–Crippen LogP) is 6.22. The first-order valence-electron chi connectivity index (χ1n) is 8.83. The van der Waals surface area contributed by atoms with Crippen LogP contribution in [0.4, 0.5) is 17.6 Å². The molecule has 0 aromatic heterocycles. The Morgan fingerprint density at radius 1 is 0.769 bits per heavy atom. The Kier molecular flexibility index (Phi) is 4.43. The highest BCUT2D eigenvalue weighted by Gasteiger charge is 2.36. The van der Waals surface area contributed by atoms with E-state index >= 15 is 0 Å². The Balaban J connectivity index is 1.72. The molecular weight excluding hydrogens is 340 g/mol. The van der Waals surface area contributed by atoms with E-state index in [4.69, 9.17) is 0 Å². The second kappa shape index (κ2) is 6.75. The van der Waals surface area contributed by atoms with Crippen LogP contribution in [0.5, 0.6) is 0 Å². The molecule has 0 heterocycles. The van der Waals surface area contributed by atoms with Gasteiger partial charge in [-0.25, -0.2) is 17.6 Å². The van der Waals surface area contributed by atoms with Gasteiger partial charge in [0.25, 0.3) is 0 Å². The summed E-state index contributed by atoms with van der Waals surface area (Å²) in [5.41, 5.74) is -1.00. The number of benzene rings is 2. The first-order valence-corrected chi connectivity index (χ1v) is 8.83. The molecule has 1 unspecified atom stereocenters. The minimum absolute atomic E-state index is 0.0000764. The van der Waals surface area contributed by atoms with Crippen LogP contribution >= 0.6 is 0 Å². The highest BCUT2D eigenvalue weighted by atomic mass is 19.2.